The second kappa shape index (κ2) is 38.5. The van der Waals surface area contributed by atoms with Crippen LogP contribution in [-0.2, 0) is 9.59 Å². The van der Waals surface area contributed by atoms with Crippen LogP contribution < -0.4 is 24.3 Å². The number of benzene rings is 7. The summed E-state index contributed by atoms with van der Waals surface area (Å²) < 4.78 is 6.84. The predicted octanol–water partition coefficient (Wildman–Crippen LogP) is 18.2. The minimum absolute atomic E-state index is 0.0428. The van der Waals surface area contributed by atoms with Gasteiger partial charge in [0.1, 0.15) is 73.3 Å². The van der Waals surface area contributed by atoms with Crippen molar-refractivity contribution in [3.05, 3.63) is 220 Å². The summed E-state index contributed by atoms with van der Waals surface area (Å²) in [6.45, 7) is 15.5. The van der Waals surface area contributed by atoms with Gasteiger partial charge in [0.25, 0.3) is 0 Å². The van der Waals surface area contributed by atoms with Gasteiger partial charge in [0, 0.05) is 169 Å². The van der Waals surface area contributed by atoms with E-state index >= 15 is 0 Å². The first kappa shape index (κ1) is 80.0. The van der Waals surface area contributed by atoms with Crippen LogP contribution in [0.3, 0.4) is 0 Å². The minimum Gasteiger partial charge on any atom is -0.536 e. The highest BCUT2D eigenvalue weighted by Gasteiger charge is 2.25. The lowest BCUT2D eigenvalue weighted by Gasteiger charge is -2.35. The van der Waals surface area contributed by atoms with E-state index in [4.69, 9.17) is 67.7 Å². The highest BCUT2D eigenvalue weighted by molar-refractivity contribution is 9.11. The molecule has 0 spiro atoms. The average Bonchev–Trinajstić information content (AvgIpc) is 0.771. The van der Waals surface area contributed by atoms with Crippen molar-refractivity contribution < 1.29 is 19.3 Å². The molecule has 1 N–H and O–H groups in total. The fourth-order valence-corrected chi connectivity index (χ4v) is 15.5. The van der Waals surface area contributed by atoms with Crippen molar-refractivity contribution in [1.82, 2.24) is 74.7 Å². The zero-order chi connectivity index (χ0) is 78.0. The average molecular weight is 1720 g/mol. The number of hydrogen-bond acceptors (Lipinski definition) is 22. The summed E-state index contributed by atoms with van der Waals surface area (Å²) in [4.78, 5) is 92.9. The van der Waals surface area contributed by atoms with Gasteiger partial charge in [-0.05, 0) is 162 Å². The molecule has 7 aromatic heterocycles. The topological polar surface area (TPSA) is 260 Å². The number of halogens is 7. The number of piperidine rings is 3. The number of carbonyl (C=O) groups is 2. The number of piperazine rings is 1. The van der Waals surface area contributed by atoms with E-state index in [0.29, 0.717) is 59.7 Å². The van der Waals surface area contributed by atoms with Crippen LogP contribution in [0.4, 0.5) is 23.3 Å². The molecule has 567 valence electrons. The van der Waals surface area contributed by atoms with Gasteiger partial charge in [0.2, 0.25) is 11.1 Å². The Balaban J connectivity index is 0.000000124. The Kier molecular flexibility index (Phi) is 27.5. The fourth-order valence-electron chi connectivity index (χ4n) is 13.8. The van der Waals surface area contributed by atoms with Crippen LogP contribution in [-0.4, -0.2) is 164 Å². The molecule has 14 aromatic rings. The first-order chi connectivity index (χ1) is 54.7. The molecular weight excluding hydrogens is 1650 g/mol. The SMILES string of the molecule is Brc1cccc2cncnc12.C=CC(=O)Cl.C=CC(=O)N1CCN(c2ncnc3cc(-c4cccc5cncnc45)c(Cl)cc23)CC1.Clc1cc2c(N3CCCCC3)ncnc2cc1-c1cccc2cncnc12.Clc1cc2c(N3CCCCC3)ncnc2cc1Br.O[B]Oc1cc2ncnc(N3CCCCC3)c2cc1Cl. The molecule has 4 saturated heterocycles. The molecule has 0 atom stereocenters. The van der Waals surface area contributed by atoms with E-state index in [0.717, 1.165) is 176 Å². The monoisotopic (exact) mass is 1720 g/mol. The fraction of sp³-hybridized carbons (Fsp3) is 0.235. The smallest absolute Gasteiger partial charge is 0.536 e. The third-order valence-electron chi connectivity index (χ3n) is 19.2. The third-order valence-corrected chi connectivity index (χ3v) is 22.1. The summed E-state index contributed by atoms with van der Waals surface area (Å²) in [7, 11) is 0.611. The van der Waals surface area contributed by atoms with E-state index in [2.05, 4.69) is 134 Å². The van der Waals surface area contributed by atoms with Crippen LogP contribution in [0.1, 0.15) is 57.8 Å². The maximum atomic E-state index is 11.9. The van der Waals surface area contributed by atoms with Crippen LogP contribution >= 0.6 is 89.9 Å². The molecule has 7 aromatic carbocycles. The van der Waals surface area contributed by atoms with Crippen molar-refractivity contribution >= 4 is 208 Å². The lowest BCUT2D eigenvalue weighted by atomic mass is 10.0. The third kappa shape index (κ3) is 19.2. The Morgan fingerprint density at radius 2 is 0.768 bits per heavy atom. The van der Waals surface area contributed by atoms with E-state index in [-0.39, 0.29) is 5.91 Å². The summed E-state index contributed by atoms with van der Waals surface area (Å²) in [5, 5.41) is 17.5. The van der Waals surface area contributed by atoms with Crippen molar-refractivity contribution in [2.24, 2.45) is 0 Å². The number of fused-ring (bicyclic) bond motifs is 7. The quantitative estimate of drug-likeness (QED) is 0.0758. The highest BCUT2D eigenvalue weighted by Crippen LogP contribution is 2.41. The summed E-state index contributed by atoms with van der Waals surface area (Å²) in [5.74, 6) is 4.06. The Morgan fingerprint density at radius 3 is 1.17 bits per heavy atom. The molecule has 1 amide bonds. The number of carbonyl (C=O) groups excluding carboxylic acids is 2. The summed E-state index contributed by atoms with van der Waals surface area (Å²) in [6.07, 6.45) is 30.0. The van der Waals surface area contributed by atoms with E-state index in [9.17, 15) is 9.59 Å². The lowest BCUT2D eigenvalue weighted by molar-refractivity contribution is -0.126. The van der Waals surface area contributed by atoms with Crippen LogP contribution in [0.25, 0.3) is 98.6 Å². The van der Waals surface area contributed by atoms with Gasteiger partial charge in [-0.15, -0.1) is 0 Å². The van der Waals surface area contributed by atoms with Crippen molar-refractivity contribution in [2.45, 2.75) is 57.8 Å². The van der Waals surface area contributed by atoms with E-state index < -0.39 is 5.24 Å². The molecule has 4 aliphatic rings. The molecule has 11 heterocycles. The van der Waals surface area contributed by atoms with Gasteiger partial charge in [-0.2, -0.15) is 0 Å². The number of para-hydroxylation sites is 3. The molecule has 31 heteroatoms. The summed E-state index contributed by atoms with van der Waals surface area (Å²) in [5.41, 5.74) is 9.79. The molecule has 0 saturated carbocycles. The number of aromatic nitrogens is 14. The first-order valence-electron chi connectivity index (χ1n) is 36.2. The van der Waals surface area contributed by atoms with Gasteiger partial charge in [0.05, 0.1) is 48.7 Å². The van der Waals surface area contributed by atoms with Crippen molar-refractivity contribution in [1.29, 1.82) is 0 Å². The second-order valence-electron chi connectivity index (χ2n) is 26.2. The Bertz CT molecular complexity index is 5730. The number of amides is 1. The van der Waals surface area contributed by atoms with Gasteiger partial charge in [-0.25, -0.2) is 69.8 Å². The largest absolute Gasteiger partial charge is 0.569 e. The summed E-state index contributed by atoms with van der Waals surface area (Å²) in [6, 6.07) is 33.3. The molecular formula is C81H72BBr2Cl5N19O4. The normalized spacial score (nSPS) is 14.2. The molecule has 23 nitrogen and oxygen atoms in total. The molecule has 0 unspecified atom stereocenters. The Morgan fingerprint density at radius 1 is 0.402 bits per heavy atom. The maximum Gasteiger partial charge on any atom is 0.569 e. The van der Waals surface area contributed by atoms with E-state index in [1.165, 1.54) is 70.2 Å². The van der Waals surface area contributed by atoms with Crippen LogP contribution in [0.2, 0.25) is 20.1 Å². The highest BCUT2D eigenvalue weighted by atomic mass is 79.9. The van der Waals surface area contributed by atoms with Crippen LogP contribution in [0, 0.1) is 0 Å². The number of rotatable bonds is 10. The number of hydrogen-bond donors (Lipinski definition) is 1. The maximum absolute atomic E-state index is 11.9. The number of anilines is 4. The van der Waals surface area contributed by atoms with Crippen molar-refractivity contribution in [3.63, 3.8) is 0 Å². The zero-order valence-electron chi connectivity index (χ0n) is 60.5. The molecule has 112 heavy (non-hydrogen) atoms. The molecule has 0 aliphatic carbocycles. The lowest BCUT2D eigenvalue weighted by Crippen LogP contribution is -2.48. The standard InChI is InChI=1S/C23H19ClN6O.C21H18ClN5.C13H14BClN3O2.C13H13BrClN3.C8H5BrN2.C3H3ClO/c1-2-21(31)29-6-8-30(9-7-29)23-18-10-19(24)17(11-20(18)26-14-28-23)16-5-3-4-15-12-25-13-27-22(15)16;22-18-9-17-19(24-13-26-21(17)27-7-2-1-3-8-27)10-16(18)15-6-4-5-14-11-23-12-25-20(14)15;15-10-6-9-11(7-12(10)20-14-19)16-8-17-13(9)18-4-2-1-3-5-18;14-10-7-12-9(6-11(10)15)13(17-8-16-12)18-4-2-1-3-5-18;9-7-3-1-2-6-4-10-5-11-8(6)7;1-2-3(4)5/h2-5,10-14H,1,6-9H2;4-6,9-13H,1-3,7-8H2;6-8,19H,1-5H2;6-8H,1-5H2;1-5H;2H,1H2. The van der Waals surface area contributed by atoms with E-state index in [1.54, 1.807) is 67.4 Å². The van der Waals surface area contributed by atoms with Crippen molar-refractivity contribution in [2.75, 3.05) is 85.0 Å². The van der Waals surface area contributed by atoms with E-state index in [1.807, 2.05) is 97.2 Å². The molecule has 1 radical (unpaired) electrons. The Hall–Kier alpha value is -10.0. The second-order valence-corrected chi connectivity index (χ2v) is 29.9. The van der Waals surface area contributed by atoms with Gasteiger partial charge < -0.3 is 34.2 Å². The molecule has 0 bridgehead atoms. The first-order valence-corrected chi connectivity index (χ1v) is 39.6. The number of nitrogens with zero attached hydrogens (tertiary/aromatic N) is 19. The minimum atomic E-state index is -0.509. The molecule has 4 aliphatic heterocycles. The van der Waals surface area contributed by atoms with Crippen molar-refractivity contribution in [3.8, 4) is 28.0 Å². The van der Waals surface area contributed by atoms with Gasteiger partial charge in [-0.1, -0.05) is 108 Å². The van der Waals surface area contributed by atoms with Crippen LogP contribution in [0.5, 0.6) is 5.75 Å². The van der Waals surface area contributed by atoms with Gasteiger partial charge in [-0.3, -0.25) is 9.59 Å². The molecule has 18 rings (SSSR count). The number of allylic oxidation sites excluding steroid dienone is 1. The predicted molar refractivity (Wildman–Crippen MR) is 457 cm³/mol. The Labute approximate surface area is 688 Å². The molecule has 4 fully saturated rings. The van der Waals surface area contributed by atoms with Gasteiger partial charge in [0.15, 0.2) is 0 Å². The summed E-state index contributed by atoms with van der Waals surface area (Å²) >= 11 is 37.4. The van der Waals surface area contributed by atoms with Crippen LogP contribution in [0.15, 0.2) is 200 Å². The van der Waals surface area contributed by atoms with Gasteiger partial charge >= 0.3 is 7.69 Å². The zero-order valence-corrected chi connectivity index (χ0v) is 67.4.